The van der Waals surface area contributed by atoms with Crippen molar-refractivity contribution in [3.63, 3.8) is 0 Å². The minimum atomic E-state index is -0.389. The monoisotopic (exact) mass is 267 g/mol. The third kappa shape index (κ3) is 2.24. The summed E-state index contributed by atoms with van der Waals surface area (Å²) in [6, 6.07) is 0. The van der Waals surface area contributed by atoms with Crippen molar-refractivity contribution < 1.29 is 14.3 Å². The van der Waals surface area contributed by atoms with Crippen molar-refractivity contribution in [2.45, 2.75) is 58.2 Å². The Balaban J connectivity index is 1.44. The molecule has 0 unspecified atom stereocenters. The molecule has 1 aliphatic heterocycles. The first kappa shape index (κ1) is 13.2. The molecule has 19 heavy (non-hydrogen) atoms. The van der Waals surface area contributed by atoms with Gasteiger partial charge in [0.25, 0.3) is 0 Å². The van der Waals surface area contributed by atoms with Crippen molar-refractivity contribution in [3.05, 3.63) is 0 Å². The Kier molecular flexibility index (Phi) is 2.70. The van der Waals surface area contributed by atoms with Crippen LogP contribution in [0.25, 0.3) is 0 Å². The maximum atomic E-state index is 11.9. The van der Waals surface area contributed by atoms with Gasteiger partial charge in [-0.25, -0.2) is 4.79 Å². The van der Waals surface area contributed by atoms with Crippen LogP contribution in [0, 0.1) is 10.8 Å². The lowest BCUT2D eigenvalue weighted by Crippen LogP contribution is -2.69. The van der Waals surface area contributed by atoms with Gasteiger partial charge in [0, 0.05) is 25.6 Å². The standard InChI is InChI=1S/C15H25NO3/c1-13(2,3)19-12(17)16-9-15(10-16)7-14(8-15)5-11(6-14)18-4/h11H,5-10H2,1-4H3. The van der Waals surface area contributed by atoms with Gasteiger partial charge >= 0.3 is 6.09 Å². The predicted molar refractivity (Wildman–Crippen MR) is 71.9 cm³/mol. The predicted octanol–water partition coefficient (Wildman–Crippen LogP) is 2.81. The summed E-state index contributed by atoms with van der Waals surface area (Å²) >= 11 is 0. The van der Waals surface area contributed by atoms with Crippen LogP contribution in [0.4, 0.5) is 4.79 Å². The van der Waals surface area contributed by atoms with Crippen molar-refractivity contribution >= 4 is 6.09 Å². The SMILES string of the molecule is COC1CC2(C1)CC1(CN(C(=O)OC(C)(C)C)C1)C2. The summed E-state index contributed by atoms with van der Waals surface area (Å²) in [5.74, 6) is 0. The van der Waals surface area contributed by atoms with E-state index < -0.39 is 0 Å². The highest BCUT2D eigenvalue weighted by molar-refractivity contribution is 5.69. The molecule has 0 bridgehead atoms. The summed E-state index contributed by atoms with van der Waals surface area (Å²) in [6.45, 7) is 7.52. The Morgan fingerprint density at radius 1 is 1.16 bits per heavy atom. The molecule has 1 saturated heterocycles. The second-order valence-corrected chi connectivity index (χ2v) is 7.96. The Bertz CT molecular complexity index is 377. The van der Waals surface area contributed by atoms with Gasteiger partial charge in [-0.3, -0.25) is 0 Å². The van der Waals surface area contributed by atoms with Gasteiger partial charge in [-0.2, -0.15) is 0 Å². The Hall–Kier alpha value is -0.770. The molecule has 2 saturated carbocycles. The number of hydrogen-bond donors (Lipinski definition) is 0. The molecule has 0 N–H and O–H groups in total. The molecule has 0 aromatic carbocycles. The molecule has 1 amide bonds. The molecule has 0 atom stereocenters. The van der Waals surface area contributed by atoms with E-state index in [1.165, 1.54) is 25.7 Å². The van der Waals surface area contributed by atoms with Crippen LogP contribution in [0.3, 0.4) is 0 Å². The Morgan fingerprint density at radius 3 is 2.21 bits per heavy atom. The largest absolute Gasteiger partial charge is 0.444 e. The van der Waals surface area contributed by atoms with Gasteiger partial charge in [-0.05, 0) is 51.9 Å². The Labute approximate surface area is 115 Å². The molecule has 4 heteroatoms. The molecule has 3 rings (SSSR count). The molecular weight excluding hydrogens is 242 g/mol. The summed E-state index contributed by atoms with van der Waals surface area (Å²) in [6.07, 6.45) is 5.33. The van der Waals surface area contributed by atoms with Crippen LogP contribution < -0.4 is 0 Å². The minimum absolute atomic E-state index is 0.151. The summed E-state index contributed by atoms with van der Waals surface area (Å²) in [5, 5.41) is 0. The summed E-state index contributed by atoms with van der Waals surface area (Å²) in [4.78, 5) is 13.7. The molecule has 2 spiro atoms. The molecule has 0 aromatic heterocycles. The summed E-state index contributed by atoms with van der Waals surface area (Å²) < 4.78 is 10.8. The van der Waals surface area contributed by atoms with Gasteiger partial charge in [0.1, 0.15) is 5.60 Å². The lowest BCUT2D eigenvalue weighted by Gasteiger charge is -2.68. The highest BCUT2D eigenvalue weighted by atomic mass is 16.6. The second kappa shape index (κ2) is 3.87. The van der Waals surface area contributed by atoms with E-state index >= 15 is 0 Å². The number of nitrogens with zero attached hydrogens (tertiary/aromatic N) is 1. The first-order valence-electron chi connectivity index (χ1n) is 7.26. The lowest BCUT2D eigenvalue weighted by molar-refractivity contribution is -0.205. The molecule has 4 nitrogen and oxygen atoms in total. The number of carbonyl (C=O) groups is 1. The van der Waals surface area contributed by atoms with Gasteiger partial charge in [0.2, 0.25) is 0 Å². The fourth-order valence-corrected chi connectivity index (χ4v) is 4.34. The second-order valence-electron chi connectivity index (χ2n) is 7.96. The van der Waals surface area contributed by atoms with Crippen LogP contribution in [0.2, 0.25) is 0 Å². The zero-order chi connectivity index (χ0) is 13.9. The summed E-state index contributed by atoms with van der Waals surface area (Å²) in [7, 11) is 1.81. The third-order valence-electron chi connectivity index (χ3n) is 4.86. The van der Waals surface area contributed by atoms with E-state index in [9.17, 15) is 4.79 Å². The van der Waals surface area contributed by atoms with Gasteiger partial charge in [-0.15, -0.1) is 0 Å². The number of methoxy groups -OCH3 is 1. The van der Waals surface area contributed by atoms with Gasteiger partial charge in [0.05, 0.1) is 6.10 Å². The van der Waals surface area contributed by atoms with Gasteiger partial charge in [0.15, 0.2) is 0 Å². The maximum Gasteiger partial charge on any atom is 0.410 e. The number of rotatable bonds is 1. The highest BCUT2D eigenvalue weighted by Gasteiger charge is 2.64. The van der Waals surface area contributed by atoms with E-state index in [-0.39, 0.29) is 11.7 Å². The smallest absolute Gasteiger partial charge is 0.410 e. The third-order valence-corrected chi connectivity index (χ3v) is 4.86. The molecule has 0 aromatic rings. The van der Waals surface area contributed by atoms with Crippen molar-refractivity contribution in [2.75, 3.05) is 20.2 Å². The molecule has 3 aliphatic rings. The first-order chi connectivity index (χ1) is 8.75. The van der Waals surface area contributed by atoms with Crippen LogP contribution in [0.1, 0.15) is 46.5 Å². The minimum Gasteiger partial charge on any atom is -0.444 e. The fraction of sp³-hybridized carbons (Fsp3) is 0.933. The van der Waals surface area contributed by atoms with Crippen molar-refractivity contribution in [1.82, 2.24) is 4.90 Å². The van der Waals surface area contributed by atoms with Crippen LogP contribution in [0.5, 0.6) is 0 Å². The van der Waals surface area contributed by atoms with Crippen LogP contribution in [-0.2, 0) is 9.47 Å². The first-order valence-corrected chi connectivity index (χ1v) is 7.26. The normalized spacial score (nSPS) is 27.7. The zero-order valence-electron chi connectivity index (χ0n) is 12.5. The molecule has 0 radical (unpaired) electrons. The number of carbonyl (C=O) groups excluding carboxylic acids is 1. The molecule has 2 aliphatic carbocycles. The van der Waals surface area contributed by atoms with Crippen LogP contribution >= 0.6 is 0 Å². The summed E-state index contributed by atoms with van der Waals surface area (Å²) in [5.41, 5.74) is 0.580. The molecule has 108 valence electrons. The molecule has 3 fully saturated rings. The Morgan fingerprint density at radius 2 is 1.74 bits per heavy atom. The highest BCUT2D eigenvalue weighted by Crippen LogP contribution is 2.67. The fourth-order valence-electron chi connectivity index (χ4n) is 4.34. The van der Waals surface area contributed by atoms with Crippen molar-refractivity contribution in [3.8, 4) is 0 Å². The number of amides is 1. The quantitative estimate of drug-likeness (QED) is 0.733. The van der Waals surface area contributed by atoms with Crippen molar-refractivity contribution in [1.29, 1.82) is 0 Å². The topological polar surface area (TPSA) is 38.8 Å². The van der Waals surface area contributed by atoms with Crippen LogP contribution in [0.15, 0.2) is 0 Å². The maximum absolute atomic E-state index is 11.9. The number of likely N-dealkylation sites (tertiary alicyclic amines) is 1. The molecule has 1 heterocycles. The number of ether oxygens (including phenoxy) is 2. The van der Waals surface area contributed by atoms with Gasteiger partial charge < -0.3 is 14.4 Å². The van der Waals surface area contributed by atoms with E-state index in [0.717, 1.165) is 13.1 Å². The van der Waals surface area contributed by atoms with E-state index in [1.807, 2.05) is 25.7 Å². The van der Waals surface area contributed by atoms with E-state index in [4.69, 9.17) is 9.47 Å². The average Bonchev–Trinajstić information content (AvgIpc) is 2.07. The van der Waals surface area contributed by atoms with Crippen molar-refractivity contribution in [2.24, 2.45) is 10.8 Å². The van der Waals surface area contributed by atoms with E-state index in [0.29, 0.717) is 16.9 Å². The van der Waals surface area contributed by atoms with E-state index in [2.05, 4.69) is 0 Å². The lowest BCUT2D eigenvalue weighted by atomic mass is 9.42. The number of hydrogen-bond acceptors (Lipinski definition) is 3. The van der Waals surface area contributed by atoms with Crippen LogP contribution in [-0.4, -0.2) is 42.9 Å². The van der Waals surface area contributed by atoms with Gasteiger partial charge in [-0.1, -0.05) is 0 Å². The van der Waals surface area contributed by atoms with E-state index in [1.54, 1.807) is 7.11 Å². The zero-order valence-corrected chi connectivity index (χ0v) is 12.5. The molecular formula is C15H25NO3. The average molecular weight is 267 g/mol.